The van der Waals surface area contributed by atoms with E-state index in [9.17, 15) is 8.42 Å². The maximum atomic E-state index is 12.5. The SMILES string of the molecule is CCC(NS(=O)(=O)Cc1ccccc1)c1ccc2c(c1)CCCC2. The zero-order valence-corrected chi connectivity index (χ0v) is 15.0. The Kier molecular flexibility index (Phi) is 5.36. The summed E-state index contributed by atoms with van der Waals surface area (Å²) >= 11 is 0. The first-order valence-electron chi connectivity index (χ1n) is 8.73. The Morgan fingerprint density at radius 3 is 2.42 bits per heavy atom. The van der Waals surface area contributed by atoms with Gasteiger partial charge >= 0.3 is 0 Å². The lowest BCUT2D eigenvalue weighted by Crippen LogP contribution is -2.29. The fourth-order valence-electron chi connectivity index (χ4n) is 3.41. The second-order valence-corrected chi connectivity index (χ2v) is 8.31. The smallest absolute Gasteiger partial charge is 0.212 e. The summed E-state index contributed by atoms with van der Waals surface area (Å²) in [5, 5.41) is 0. The number of nitrogens with one attached hydrogen (secondary N) is 1. The summed E-state index contributed by atoms with van der Waals surface area (Å²) in [4.78, 5) is 0. The molecule has 0 radical (unpaired) electrons. The van der Waals surface area contributed by atoms with E-state index in [1.54, 1.807) is 0 Å². The average molecular weight is 343 g/mol. The second-order valence-electron chi connectivity index (χ2n) is 6.56. The standard InChI is InChI=1S/C20H25NO2S/c1-2-20(19-13-12-17-10-6-7-11-18(17)14-19)21-24(22,23)15-16-8-4-3-5-9-16/h3-5,8-9,12-14,20-21H,2,6-7,10-11,15H2,1H3. The van der Waals surface area contributed by atoms with E-state index < -0.39 is 10.0 Å². The Balaban J connectivity index is 1.76. The van der Waals surface area contributed by atoms with Crippen molar-refractivity contribution in [2.24, 2.45) is 0 Å². The van der Waals surface area contributed by atoms with Gasteiger partial charge in [-0.25, -0.2) is 13.1 Å². The summed E-state index contributed by atoms with van der Waals surface area (Å²) in [6, 6.07) is 15.6. The Labute approximate surface area is 145 Å². The van der Waals surface area contributed by atoms with Crippen molar-refractivity contribution in [1.29, 1.82) is 0 Å². The number of aryl methyl sites for hydroxylation is 2. The van der Waals surface area contributed by atoms with Gasteiger partial charge in [-0.15, -0.1) is 0 Å². The molecule has 0 saturated heterocycles. The molecule has 2 aromatic carbocycles. The summed E-state index contributed by atoms with van der Waals surface area (Å²) in [5.41, 5.74) is 4.70. The summed E-state index contributed by atoms with van der Waals surface area (Å²) in [6.45, 7) is 2.02. The van der Waals surface area contributed by atoms with Gasteiger partial charge in [-0.1, -0.05) is 55.5 Å². The van der Waals surface area contributed by atoms with E-state index in [0.717, 1.165) is 30.4 Å². The van der Waals surface area contributed by atoms with Gasteiger partial charge in [-0.2, -0.15) is 0 Å². The van der Waals surface area contributed by atoms with Gasteiger partial charge in [0.25, 0.3) is 0 Å². The lowest BCUT2D eigenvalue weighted by atomic mass is 9.89. The van der Waals surface area contributed by atoms with Crippen LogP contribution in [0.2, 0.25) is 0 Å². The van der Waals surface area contributed by atoms with Crippen LogP contribution in [0.5, 0.6) is 0 Å². The molecule has 0 amide bonds. The van der Waals surface area contributed by atoms with Gasteiger partial charge < -0.3 is 0 Å². The minimum Gasteiger partial charge on any atom is -0.212 e. The van der Waals surface area contributed by atoms with E-state index in [0.29, 0.717) is 0 Å². The van der Waals surface area contributed by atoms with Gasteiger partial charge in [0.1, 0.15) is 0 Å². The third-order valence-electron chi connectivity index (χ3n) is 4.70. The molecule has 0 fully saturated rings. The maximum absolute atomic E-state index is 12.5. The minimum atomic E-state index is -3.37. The molecule has 1 unspecified atom stereocenters. The third kappa shape index (κ3) is 4.25. The molecular weight excluding hydrogens is 318 g/mol. The van der Waals surface area contributed by atoms with Gasteiger partial charge in [0.05, 0.1) is 5.75 Å². The Hall–Kier alpha value is -1.65. The first kappa shape index (κ1) is 17.2. The maximum Gasteiger partial charge on any atom is 0.216 e. The molecule has 24 heavy (non-hydrogen) atoms. The minimum absolute atomic E-state index is 0.0231. The fourth-order valence-corrected chi connectivity index (χ4v) is 4.86. The third-order valence-corrected chi connectivity index (χ3v) is 6.06. The molecule has 0 aromatic heterocycles. The highest BCUT2D eigenvalue weighted by Crippen LogP contribution is 2.26. The monoisotopic (exact) mass is 343 g/mol. The second kappa shape index (κ2) is 7.49. The van der Waals surface area contributed by atoms with Crippen LogP contribution in [-0.4, -0.2) is 8.42 Å². The number of hydrogen-bond donors (Lipinski definition) is 1. The van der Waals surface area contributed by atoms with Crippen LogP contribution in [-0.2, 0) is 28.6 Å². The molecule has 0 saturated carbocycles. The Bertz CT molecular complexity index is 785. The normalized spacial score (nSPS) is 15.7. The summed E-state index contributed by atoms with van der Waals surface area (Å²) in [6.07, 6.45) is 5.48. The van der Waals surface area contributed by atoms with Crippen LogP contribution < -0.4 is 4.72 Å². The largest absolute Gasteiger partial charge is 0.216 e. The predicted octanol–water partition coefficient (Wildman–Crippen LogP) is 4.14. The summed E-state index contributed by atoms with van der Waals surface area (Å²) < 4.78 is 27.9. The molecule has 4 heteroatoms. The molecule has 0 spiro atoms. The first-order valence-corrected chi connectivity index (χ1v) is 10.4. The topological polar surface area (TPSA) is 46.2 Å². The van der Waals surface area contributed by atoms with Crippen LogP contribution in [0.4, 0.5) is 0 Å². The van der Waals surface area contributed by atoms with Crippen LogP contribution in [0.25, 0.3) is 0 Å². The van der Waals surface area contributed by atoms with Gasteiger partial charge in [-0.05, 0) is 54.4 Å². The van der Waals surface area contributed by atoms with Crippen LogP contribution in [0, 0.1) is 0 Å². The quantitative estimate of drug-likeness (QED) is 0.857. The molecule has 0 bridgehead atoms. The van der Waals surface area contributed by atoms with Gasteiger partial charge in [0.15, 0.2) is 0 Å². The average Bonchev–Trinajstić information content (AvgIpc) is 2.60. The molecule has 1 aliphatic carbocycles. The van der Waals surface area contributed by atoms with Crippen LogP contribution in [0.15, 0.2) is 48.5 Å². The molecule has 3 rings (SSSR count). The van der Waals surface area contributed by atoms with Crippen LogP contribution >= 0.6 is 0 Å². The molecule has 3 nitrogen and oxygen atoms in total. The van der Waals surface area contributed by atoms with E-state index >= 15 is 0 Å². The van der Waals surface area contributed by atoms with Crippen molar-refractivity contribution in [1.82, 2.24) is 4.72 Å². The zero-order chi connectivity index (χ0) is 17.0. The van der Waals surface area contributed by atoms with Crippen LogP contribution in [0.3, 0.4) is 0 Å². The highest BCUT2D eigenvalue weighted by molar-refractivity contribution is 7.88. The molecule has 0 aliphatic heterocycles. The lowest BCUT2D eigenvalue weighted by Gasteiger charge is -2.21. The van der Waals surface area contributed by atoms with Crippen molar-refractivity contribution in [3.63, 3.8) is 0 Å². The van der Waals surface area contributed by atoms with E-state index in [1.165, 1.54) is 24.0 Å². The van der Waals surface area contributed by atoms with Crippen molar-refractivity contribution < 1.29 is 8.42 Å². The molecule has 128 valence electrons. The number of benzene rings is 2. The molecule has 1 atom stereocenters. The highest BCUT2D eigenvalue weighted by atomic mass is 32.2. The van der Waals surface area contributed by atoms with E-state index in [-0.39, 0.29) is 11.8 Å². The summed E-state index contributed by atoms with van der Waals surface area (Å²) in [7, 11) is -3.37. The van der Waals surface area contributed by atoms with E-state index in [1.807, 2.05) is 37.3 Å². The predicted molar refractivity (Wildman–Crippen MR) is 98.3 cm³/mol. The van der Waals surface area contributed by atoms with Crippen LogP contribution in [0.1, 0.15) is 54.5 Å². The van der Waals surface area contributed by atoms with Crippen molar-refractivity contribution in [3.05, 3.63) is 70.8 Å². The molecular formula is C20H25NO2S. The van der Waals surface area contributed by atoms with Crippen molar-refractivity contribution >= 4 is 10.0 Å². The molecule has 1 N–H and O–H groups in total. The van der Waals surface area contributed by atoms with E-state index in [4.69, 9.17) is 0 Å². The number of fused-ring (bicyclic) bond motifs is 1. The zero-order valence-electron chi connectivity index (χ0n) is 14.2. The Morgan fingerprint density at radius 2 is 1.71 bits per heavy atom. The van der Waals surface area contributed by atoms with Gasteiger partial charge in [-0.3, -0.25) is 0 Å². The van der Waals surface area contributed by atoms with Gasteiger partial charge in [0, 0.05) is 6.04 Å². The van der Waals surface area contributed by atoms with E-state index in [2.05, 4.69) is 22.9 Å². The van der Waals surface area contributed by atoms with Crippen molar-refractivity contribution in [3.8, 4) is 0 Å². The lowest BCUT2D eigenvalue weighted by molar-refractivity contribution is 0.548. The van der Waals surface area contributed by atoms with Crippen molar-refractivity contribution in [2.45, 2.75) is 50.8 Å². The molecule has 0 heterocycles. The Morgan fingerprint density at radius 1 is 1.00 bits per heavy atom. The van der Waals surface area contributed by atoms with Gasteiger partial charge in [0.2, 0.25) is 10.0 Å². The molecule has 2 aromatic rings. The molecule has 1 aliphatic rings. The van der Waals surface area contributed by atoms with Crippen molar-refractivity contribution in [2.75, 3.05) is 0 Å². The number of rotatable bonds is 6. The summed E-state index contributed by atoms with van der Waals surface area (Å²) in [5.74, 6) is 0.0231. The first-order chi connectivity index (χ1) is 11.6. The number of hydrogen-bond acceptors (Lipinski definition) is 2. The fraction of sp³-hybridized carbons (Fsp3) is 0.400. The highest BCUT2D eigenvalue weighted by Gasteiger charge is 2.20. The number of sulfonamides is 1.